The molecule has 1 unspecified atom stereocenters. The molecule has 0 aliphatic carbocycles. The zero-order valence-electron chi connectivity index (χ0n) is 10.2. The number of hydrogen-bond acceptors (Lipinski definition) is 2. The molecule has 0 aliphatic rings. The Morgan fingerprint density at radius 2 is 1.69 bits per heavy atom. The Morgan fingerprint density at radius 1 is 1.19 bits per heavy atom. The Bertz CT molecular complexity index is 399. The van der Waals surface area contributed by atoms with Crippen molar-refractivity contribution in [3.8, 4) is 0 Å². The van der Waals surface area contributed by atoms with E-state index >= 15 is 0 Å². The van der Waals surface area contributed by atoms with Gasteiger partial charge >= 0.3 is 0 Å². The molecule has 16 heavy (non-hydrogen) atoms. The highest BCUT2D eigenvalue weighted by Gasteiger charge is 2.14. The quantitative estimate of drug-likeness (QED) is 0.811. The fourth-order valence-electron chi connectivity index (χ4n) is 1.37. The van der Waals surface area contributed by atoms with Gasteiger partial charge in [-0.25, -0.2) is 0 Å². The molecule has 1 aromatic carbocycles. The van der Waals surface area contributed by atoms with Gasteiger partial charge in [0.15, 0.2) is 0 Å². The third-order valence-electron chi connectivity index (χ3n) is 2.32. The lowest BCUT2D eigenvalue weighted by Gasteiger charge is -2.18. The maximum Gasteiger partial charge on any atom is 0.142 e. The molecule has 0 bridgehead atoms. The van der Waals surface area contributed by atoms with Gasteiger partial charge in [0.1, 0.15) is 5.78 Å². The molecule has 0 N–H and O–H groups in total. The second-order valence-corrected chi connectivity index (χ2v) is 6.42. The van der Waals surface area contributed by atoms with Crippen molar-refractivity contribution in [3.63, 3.8) is 0 Å². The highest BCUT2D eigenvalue weighted by molar-refractivity contribution is 7.85. The molecule has 0 amide bonds. The lowest BCUT2D eigenvalue weighted by Crippen LogP contribution is -2.11. The topological polar surface area (TPSA) is 34.1 Å². The summed E-state index contributed by atoms with van der Waals surface area (Å²) in [7, 11) is -1.20. The highest BCUT2D eigenvalue weighted by Crippen LogP contribution is 2.22. The monoisotopic (exact) mass is 238 g/mol. The number of carbonyl (C=O) groups excluding carboxylic acids is 1. The van der Waals surface area contributed by atoms with E-state index in [0.29, 0.717) is 0 Å². The third-order valence-corrected chi connectivity index (χ3v) is 3.78. The van der Waals surface area contributed by atoms with Crippen LogP contribution >= 0.6 is 0 Å². The van der Waals surface area contributed by atoms with Crippen LogP contribution in [0.3, 0.4) is 0 Å². The SMILES string of the molecule is CC(=O)CS(=O)c1ccc(C(C)(C)C)cc1. The van der Waals surface area contributed by atoms with Crippen LogP contribution in [0.25, 0.3) is 0 Å². The average Bonchev–Trinajstić information content (AvgIpc) is 2.15. The molecule has 0 aliphatic heterocycles. The van der Waals surface area contributed by atoms with Crippen LogP contribution < -0.4 is 0 Å². The van der Waals surface area contributed by atoms with Gasteiger partial charge in [-0.2, -0.15) is 0 Å². The molecule has 0 radical (unpaired) electrons. The molecular formula is C13H18O2S. The summed E-state index contributed by atoms with van der Waals surface area (Å²) >= 11 is 0. The van der Waals surface area contributed by atoms with Crippen molar-refractivity contribution in [3.05, 3.63) is 29.8 Å². The summed E-state index contributed by atoms with van der Waals surface area (Å²) in [6.45, 7) is 7.86. The predicted molar refractivity (Wildman–Crippen MR) is 67.1 cm³/mol. The number of carbonyl (C=O) groups is 1. The summed E-state index contributed by atoms with van der Waals surface area (Å²) in [6, 6.07) is 7.65. The number of ketones is 1. The number of benzene rings is 1. The fourth-order valence-corrected chi connectivity index (χ4v) is 2.35. The van der Waals surface area contributed by atoms with Gasteiger partial charge in [-0.05, 0) is 30.0 Å². The fraction of sp³-hybridized carbons (Fsp3) is 0.462. The summed E-state index contributed by atoms with van der Waals surface area (Å²) in [4.78, 5) is 11.6. The Labute approximate surface area is 99.5 Å². The Balaban J connectivity index is 2.87. The van der Waals surface area contributed by atoms with E-state index in [0.717, 1.165) is 4.90 Å². The first kappa shape index (κ1) is 13.1. The Kier molecular flexibility index (Phi) is 4.03. The lowest BCUT2D eigenvalue weighted by molar-refractivity contribution is -0.114. The molecular weight excluding hydrogens is 220 g/mol. The van der Waals surface area contributed by atoms with Gasteiger partial charge in [0.2, 0.25) is 0 Å². The minimum Gasteiger partial charge on any atom is -0.299 e. The van der Waals surface area contributed by atoms with Gasteiger partial charge in [0.25, 0.3) is 0 Å². The van der Waals surface area contributed by atoms with Gasteiger partial charge < -0.3 is 0 Å². The van der Waals surface area contributed by atoms with E-state index in [1.807, 2.05) is 24.3 Å². The van der Waals surface area contributed by atoms with Crippen LogP contribution in [0.4, 0.5) is 0 Å². The maximum atomic E-state index is 11.7. The summed E-state index contributed by atoms with van der Waals surface area (Å²) in [5.41, 5.74) is 1.30. The van der Waals surface area contributed by atoms with Crippen molar-refractivity contribution < 1.29 is 9.00 Å². The normalized spacial score (nSPS) is 13.5. The predicted octanol–water partition coefficient (Wildman–Crippen LogP) is 2.68. The van der Waals surface area contributed by atoms with E-state index < -0.39 is 10.8 Å². The summed E-state index contributed by atoms with van der Waals surface area (Å²) in [5.74, 6) is 0.0627. The second kappa shape index (κ2) is 4.91. The van der Waals surface area contributed by atoms with Crippen molar-refractivity contribution in [2.45, 2.75) is 38.0 Å². The van der Waals surface area contributed by atoms with E-state index in [1.165, 1.54) is 12.5 Å². The Hall–Kier alpha value is -0.960. The van der Waals surface area contributed by atoms with Gasteiger partial charge in [0.05, 0.1) is 16.6 Å². The minimum absolute atomic E-state index is 0.0433. The molecule has 0 saturated carbocycles. The van der Waals surface area contributed by atoms with Gasteiger partial charge in [-0.1, -0.05) is 32.9 Å². The van der Waals surface area contributed by atoms with Crippen LogP contribution in [0.15, 0.2) is 29.2 Å². The smallest absolute Gasteiger partial charge is 0.142 e. The van der Waals surface area contributed by atoms with Crippen molar-refractivity contribution >= 4 is 16.6 Å². The number of rotatable bonds is 3. The van der Waals surface area contributed by atoms with Crippen LogP contribution in [0.2, 0.25) is 0 Å². The lowest BCUT2D eigenvalue weighted by atomic mass is 9.87. The largest absolute Gasteiger partial charge is 0.299 e. The van der Waals surface area contributed by atoms with E-state index in [9.17, 15) is 9.00 Å². The zero-order chi connectivity index (χ0) is 12.3. The van der Waals surface area contributed by atoms with Crippen LogP contribution in [0.1, 0.15) is 33.3 Å². The maximum absolute atomic E-state index is 11.7. The molecule has 0 spiro atoms. The molecule has 0 aromatic heterocycles. The van der Waals surface area contributed by atoms with Crippen molar-refractivity contribution in [2.75, 3.05) is 5.75 Å². The van der Waals surface area contributed by atoms with E-state index in [-0.39, 0.29) is 17.0 Å². The molecule has 1 aromatic rings. The number of Topliss-reactive ketones (excluding diaryl/α,β-unsaturated/α-hetero) is 1. The number of hydrogen-bond donors (Lipinski definition) is 0. The van der Waals surface area contributed by atoms with Crippen LogP contribution in [0, 0.1) is 0 Å². The summed E-state index contributed by atoms with van der Waals surface area (Å²) < 4.78 is 11.7. The first-order chi connectivity index (χ1) is 7.30. The minimum atomic E-state index is -1.20. The van der Waals surface area contributed by atoms with Crippen LogP contribution in [-0.4, -0.2) is 15.7 Å². The molecule has 1 rings (SSSR count). The van der Waals surface area contributed by atoms with Crippen molar-refractivity contribution in [2.24, 2.45) is 0 Å². The molecule has 88 valence electrons. The first-order valence-corrected chi connectivity index (χ1v) is 6.61. The summed E-state index contributed by atoms with van der Waals surface area (Å²) in [5, 5.41) is 0. The van der Waals surface area contributed by atoms with Crippen molar-refractivity contribution in [1.29, 1.82) is 0 Å². The molecule has 0 saturated heterocycles. The molecule has 0 fully saturated rings. The summed E-state index contributed by atoms with van der Waals surface area (Å²) in [6.07, 6.45) is 0. The van der Waals surface area contributed by atoms with Crippen LogP contribution in [0.5, 0.6) is 0 Å². The van der Waals surface area contributed by atoms with Gasteiger partial charge in [-0.15, -0.1) is 0 Å². The third kappa shape index (κ3) is 3.56. The van der Waals surface area contributed by atoms with Gasteiger partial charge in [-0.3, -0.25) is 9.00 Å². The van der Waals surface area contributed by atoms with E-state index in [1.54, 1.807) is 0 Å². The van der Waals surface area contributed by atoms with E-state index in [4.69, 9.17) is 0 Å². The molecule has 0 heterocycles. The molecule has 2 nitrogen and oxygen atoms in total. The standard InChI is InChI=1S/C13H18O2S/c1-10(14)9-16(15)12-7-5-11(6-8-12)13(2,3)4/h5-8H,9H2,1-4H3. The Morgan fingerprint density at radius 3 is 2.06 bits per heavy atom. The van der Waals surface area contributed by atoms with Crippen LogP contribution in [-0.2, 0) is 21.0 Å². The van der Waals surface area contributed by atoms with E-state index in [2.05, 4.69) is 20.8 Å². The van der Waals surface area contributed by atoms with Crippen molar-refractivity contribution in [1.82, 2.24) is 0 Å². The second-order valence-electron chi connectivity index (χ2n) is 4.97. The van der Waals surface area contributed by atoms with Gasteiger partial charge in [0, 0.05) is 4.90 Å². The molecule has 1 atom stereocenters. The highest BCUT2D eigenvalue weighted by atomic mass is 32.2. The first-order valence-electron chi connectivity index (χ1n) is 5.29. The average molecular weight is 238 g/mol. The zero-order valence-corrected chi connectivity index (χ0v) is 11.1. The molecule has 3 heteroatoms.